The Balaban J connectivity index is 1.51. The van der Waals surface area contributed by atoms with Crippen LogP contribution in [-0.2, 0) is 9.59 Å². The lowest BCUT2D eigenvalue weighted by atomic mass is 10.1. The number of benzene rings is 3. The molecule has 3 aromatic carbocycles. The first-order chi connectivity index (χ1) is 16.8. The topological polar surface area (TPSA) is 87.7 Å². The molecule has 2 N–H and O–H groups in total. The maximum Gasteiger partial charge on any atom is 0.283 e. The fraction of sp³-hybridized carbons (Fsp3) is 0.0800. The Morgan fingerprint density at radius 1 is 0.914 bits per heavy atom. The molecule has 1 aliphatic heterocycles. The lowest BCUT2D eigenvalue weighted by molar-refractivity contribution is -0.120. The van der Waals surface area contributed by atoms with Crippen molar-refractivity contribution in [3.05, 3.63) is 93.1 Å². The van der Waals surface area contributed by atoms with Crippen LogP contribution in [0.1, 0.15) is 17.3 Å². The number of ether oxygens (including phenoxy) is 1. The van der Waals surface area contributed by atoms with Gasteiger partial charge in [-0.15, -0.1) is 0 Å². The maximum atomic E-state index is 13.0. The average Bonchev–Trinajstić information content (AvgIpc) is 3.04. The van der Waals surface area contributed by atoms with Gasteiger partial charge in [-0.1, -0.05) is 40.9 Å². The predicted octanol–water partition coefficient (Wildman–Crippen LogP) is 6.08. The summed E-state index contributed by atoms with van der Waals surface area (Å²) in [6.45, 7) is 2.43. The minimum Gasteiger partial charge on any atom is -0.494 e. The van der Waals surface area contributed by atoms with Gasteiger partial charge in [0, 0.05) is 22.0 Å². The van der Waals surface area contributed by atoms with Crippen molar-refractivity contribution in [3.63, 3.8) is 0 Å². The minimum atomic E-state index is -0.729. The normalized spacial score (nSPS) is 13.3. The number of imide groups is 1. The summed E-state index contributed by atoms with van der Waals surface area (Å²) in [6.07, 6.45) is 0. The Kier molecular flexibility index (Phi) is 7.31. The third-order valence-electron chi connectivity index (χ3n) is 5.00. The van der Waals surface area contributed by atoms with Crippen LogP contribution in [0.3, 0.4) is 0 Å². The number of halogens is 3. The lowest BCUT2D eigenvalue weighted by Crippen LogP contribution is -2.32. The highest BCUT2D eigenvalue weighted by Crippen LogP contribution is 2.35. The average molecular weight is 531 g/mol. The van der Waals surface area contributed by atoms with E-state index in [1.165, 1.54) is 24.3 Å². The lowest BCUT2D eigenvalue weighted by Gasteiger charge is -2.16. The van der Waals surface area contributed by atoms with Crippen LogP contribution in [0.2, 0.25) is 10.0 Å². The smallest absolute Gasteiger partial charge is 0.283 e. The third-order valence-corrected chi connectivity index (χ3v) is 5.88. The molecular weight excluding hydrogens is 513 g/mol. The molecule has 7 nitrogen and oxygen atoms in total. The fourth-order valence-corrected chi connectivity index (χ4v) is 4.09. The summed E-state index contributed by atoms with van der Waals surface area (Å²) in [7, 11) is 0. The highest BCUT2D eigenvalue weighted by atomic mass is 35.5. The van der Waals surface area contributed by atoms with E-state index in [-0.39, 0.29) is 27.3 Å². The largest absolute Gasteiger partial charge is 0.494 e. The predicted molar refractivity (Wildman–Crippen MR) is 137 cm³/mol. The number of nitrogens with one attached hydrogen (secondary N) is 2. The van der Waals surface area contributed by atoms with Gasteiger partial charge < -0.3 is 15.4 Å². The van der Waals surface area contributed by atoms with E-state index in [2.05, 4.69) is 10.6 Å². The van der Waals surface area contributed by atoms with Crippen molar-refractivity contribution in [1.82, 2.24) is 0 Å². The van der Waals surface area contributed by atoms with E-state index in [1.54, 1.807) is 42.5 Å². The van der Waals surface area contributed by atoms with Crippen LogP contribution in [-0.4, -0.2) is 24.3 Å². The van der Waals surface area contributed by atoms with Crippen LogP contribution in [0, 0.1) is 0 Å². The third kappa shape index (κ3) is 5.27. The highest BCUT2D eigenvalue weighted by molar-refractivity contribution is 6.54. The number of amides is 3. The number of carbonyl (C=O) groups excluding carboxylic acids is 3. The second-order valence-electron chi connectivity index (χ2n) is 7.35. The summed E-state index contributed by atoms with van der Waals surface area (Å²) < 4.78 is 5.40. The molecule has 4 rings (SSSR count). The molecule has 1 heterocycles. The van der Waals surface area contributed by atoms with Gasteiger partial charge in [-0.3, -0.25) is 14.4 Å². The second-order valence-corrected chi connectivity index (χ2v) is 8.57. The maximum absolute atomic E-state index is 13.0. The van der Waals surface area contributed by atoms with Crippen molar-refractivity contribution in [2.75, 3.05) is 22.1 Å². The molecule has 3 amide bonds. The van der Waals surface area contributed by atoms with E-state index in [4.69, 9.17) is 39.5 Å². The van der Waals surface area contributed by atoms with E-state index in [0.29, 0.717) is 34.3 Å². The van der Waals surface area contributed by atoms with Crippen molar-refractivity contribution in [3.8, 4) is 5.75 Å². The molecule has 0 unspecified atom stereocenters. The summed E-state index contributed by atoms with van der Waals surface area (Å²) >= 11 is 18.3. The van der Waals surface area contributed by atoms with Gasteiger partial charge in [0.15, 0.2) is 0 Å². The van der Waals surface area contributed by atoms with Crippen LogP contribution < -0.4 is 20.3 Å². The summed E-state index contributed by atoms with van der Waals surface area (Å²) in [5, 5.41) is 5.83. The Bertz CT molecular complexity index is 1360. The molecule has 1 aliphatic rings. The van der Waals surface area contributed by atoms with Gasteiger partial charge in [-0.05, 0) is 67.6 Å². The molecule has 3 aromatic rings. The zero-order valence-electron chi connectivity index (χ0n) is 18.3. The van der Waals surface area contributed by atoms with E-state index in [0.717, 1.165) is 4.90 Å². The molecule has 0 saturated carbocycles. The number of anilines is 3. The number of hydrogen-bond acceptors (Lipinski definition) is 5. The SMILES string of the molecule is CCOc1ccc(NC(=O)c2cccc(NC3=C(Cl)C(=O)N(c4ccc(Cl)cc4Cl)C3=O)c2)cc1. The molecule has 0 atom stereocenters. The van der Waals surface area contributed by atoms with Gasteiger partial charge in [-0.2, -0.15) is 0 Å². The van der Waals surface area contributed by atoms with Crippen molar-refractivity contribution >= 4 is 69.6 Å². The first kappa shape index (κ1) is 24.6. The molecular formula is C25H18Cl3N3O4. The zero-order chi connectivity index (χ0) is 25.1. The summed E-state index contributed by atoms with van der Waals surface area (Å²) in [5.74, 6) is -1.07. The molecule has 0 fully saturated rings. The Labute approximate surface area is 216 Å². The van der Waals surface area contributed by atoms with Gasteiger partial charge in [0.2, 0.25) is 0 Å². The van der Waals surface area contributed by atoms with E-state index < -0.39 is 11.8 Å². The number of hydrogen-bond donors (Lipinski definition) is 2. The zero-order valence-corrected chi connectivity index (χ0v) is 20.5. The second kappa shape index (κ2) is 10.4. The van der Waals surface area contributed by atoms with Gasteiger partial charge in [-0.25, -0.2) is 4.90 Å². The van der Waals surface area contributed by atoms with Crippen LogP contribution in [0.15, 0.2) is 77.5 Å². The minimum absolute atomic E-state index is 0.123. The van der Waals surface area contributed by atoms with Gasteiger partial charge >= 0.3 is 0 Å². The Hall–Kier alpha value is -3.52. The molecule has 0 aliphatic carbocycles. The monoisotopic (exact) mass is 529 g/mol. The molecule has 35 heavy (non-hydrogen) atoms. The molecule has 0 bridgehead atoms. The number of carbonyl (C=O) groups is 3. The van der Waals surface area contributed by atoms with Crippen LogP contribution >= 0.6 is 34.8 Å². The quantitative estimate of drug-likeness (QED) is 0.362. The molecule has 0 spiro atoms. The van der Waals surface area contributed by atoms with Gasteiger partial charge in [0.25, 0.3) is 17.7 Å². The standard InChI is InChI=1S/C25H18Cl3N3O4/c1-2-35-18-9-7-16(8-10-18)30-23(32)14-4-3-5-17(12-14)29-22-21(28)24(33)31(25(22)34)20-11-6-15(26)13-19(20)27/h3-13,29H,2H2,1H3,(H,30,32). The fourth-order valence-electron chi connectivity index (χ4n) is 3.38. The van der Waals surface area contributed by atoms with Gasteiger partial charge in [0.05, 0.1) is 17.3 Å². The highest BCUT2D eigenvalue weighted by Gasteiger charge is 2.39. The first-order valence-corrected chi connectivity index (χ1v) is 11.6. The summed E-state index contributed by atoms with van der Waals surface area (Å²) in [5.41, 5.74) is 1.34. The van der Waals surface area contributed by atoms with Gasteiger partial charge in [0.1, 0.15) is 16.5 Å². The van der Waals surface area contributed by atoms with Crippen LogP contribution in [0.4, 0.5) is 17.1 Å². The first-order valence-electron chi connectivity index (χ1n) is 10.4. The molecule has 10 heteroatoms. The number of nitrogens with zero attached hydrogens (tertiary/aromatic N) is 1. The van der Waals surface area contributed by atoms with Crippen LogP contribution in [0.25, 0.3) is 0 Å². The molecule has 178 valence electrons. The Morgan fingerprint density at radius 2 is 1.66 bits per heavy atom. The summed E-state index contributed by atoms with van der Waals surface area (Å²) in [6, 6.07) is 17.8. The molecule has 0 saturated heterocycles. The van der Waals surface area contributed by atoms with E-state index in [9.17, 15) is 14.4 Å². The van der Waals surface area contributed by atoms with Crippen molar-refractivity contribution in [2.45, 2.75) is 6.92 Å². The van der Waals surface area contributed by atoms with Crippen molar-refractivity contribution in [2.24, 2.45) is 0 Å². The van der Waals surface area contributed by atoms with E-state index >= 15 is 0 Å². The van der Waals surface area contributed by atoms with Crippen LogP contribution in [0.5, 0.6) is 5.75 Å². The Morgan fingerprint density at radius 3 is 2.34 bits per heavy atom. The van der Waals surface area contributed by atoms with E-state index in [1.807, 2.05) is 6.92 Å². The van der Waals surface area contributed by atoms with Crippen molar-refractivity contribution < 1.29 is 19.1 Å². The van der Waals surface area contributed by atoms with Crippen molar-refractivity contribution in [1.29, 1.82) is 0 Å². The number of rotatable bonds is 7. The summed E-state index contributed by atoms with van der Waals surface area (Å²) in [4.78, 5) is 39.3. The molecule has 0 aromatic heterocycles. The molecule has 0 radical (unpaired) electrons.